The van der Waals surface area contributed by atoms with Crippen LogP contribution in [-0.4, -0.2) is 40.1 Å². The third-order valence-electron chi connectivity index (χ3n) is 4.31. The number of aliphatic hydroxyl groups is 1. The molecule has 1 unspecified atom stereocenters. The summed E-state index contributed by atoms with van der Waals surface area (Å²) < 4.78 is 5.63. The Morgan fingerprint density at radius 1 is 1.12 bits per heavy atom. The number of ether oxygens (including phenoxy) is 1. The Kier molecular flexibility index (Phi) is 12.5. The molecule has 7 nitrogen and oxygen atoms in total. The van der Waals surface area contributed by atoms with E-state index in [1.165, 1.54) is 10.4 Å². The summed E-state index contributed by atoms with van der Waals surface area (Å²) in [4.78, 5) is 21.4. The van der Waals surface area contributed by atoms with Crippen LogP contribution in [0.5, 0.6) is 5.75 Å². The lowest BCUT2D eigenvalue weighted by Gasteiger charge is -2.12. The van der Waals surface area contributed by atoms with Crippen LogP contribution in [0.25, 0.3) is 0 Å². The first-order valence-electron chi connectivity index (χ1n) is 10.1. The van der Waals surface area contributed by atoms with Crippen LogP contribution in [0.3, 0.4) is 0 Å². The molecule has 1 aromatic carbocycles. The van der Waals surface area contributed by atoms with Gasteiger partial charge < -0.3 is 25.8 Å². The third-order valence-corrected chi connectivity index (χ3v) is 5.37. The van der Waals surface area contributed by atoms with Gasteiger partial charge in [0, 0.05) is 17.0 Å². The monoisotopic (exact) mass is 459 g/mol. The number of rotatable bonds is 9. The minimum absolute atomic E-state index is 0.106. The Morgan fingerprint density at radius 3 is 2.28 bits per heavy atom. The molecule has 5 N–H and O–H groups in total. The van der Waals surface area contributed by atoms with Gasteiger partial charge >= 0.3 is 11.9 Å². The van der Waals surface area contributed by atoms with E-state index in [0.717, 1.165) is 29.9 Å². The second-order valence-electron chi connectivity index (χ2n) is 6.87. The van der Waals surface area contributed by atoms with E-state index in [2.05, 4.69) is 37.0 Å². The number of aliphatic hydroxyl groups excluding tert-OH is 1. The van der Waals surface area contributed by atoms with Gasteiger partial charge in [-0.05, 0) is 55.0 Å². The lowest BCUT2D eigenvalue weighted by atomic mass is 10.0. The Hall–Kier alpha value is -3.12. The number of aliphatic carboxylic acids is 2. The zero-order valence-electron chi connectivity index (χ0n) is 18.2. The molecule has 1 heterocycles. The van der Waals surface area contributed by atoms with Crippen molar-refractivity contribution in [2.24, 2.45) is 11.7 Å². The number of hydrogen-bond acceptors (Lipinski definition) is 6. The van der Waals surface area contributed by atoms with E-state index in [1.54, 1.807) is 11.3 Å². The number of benzene rings is 1. The molecule has 0 saturated carbocycles. The molecule has 0 aliphatic rings. The first-order valence-corrected chi connectivity index (χ1v) is 10.9. The SMILES string of the molecule is CCc1ccc(OCC#Cc2ccc(CC[C@@H](C)C(N)O)s2)cc1.O=C(O)/C=C\C(=O)O. The van der Waals surface area contributed by atoms with E-state index in [4.69, 9.17) is 20.7 Å². The third kappa shape index (κ3) is 11.9. The Morgan fingerprint density at radius 2 is 1.75 bits per heavy atom. The van der Waals surface area contributed by atoms with Crippen LogP contribution >= 0.6 is 11.3 Å². The van der Waals surface area contributed by atoms with E-state index in [1.807, 2.05) is 25.1 Å². The number of carbonyl (C=O) groups is 2. The zero-order valence-corrected chi connectivity index (χ0v) is 19.0. The van der Waals surface area contributed by atoms with Gasteiger partial charge in [-0.3, -0.25) is 0 Å². The second kappa shape index (κ2) is 14.8. The van der Waals surface area contributed by atoms with Crippen molar-refractivity contribution < 1.29 is 29.6 Å². The number of thiophene rings is 1. The second-order valence-corrected chi connectivity index (χ2v) is 8.04. The fourth-order valence-electron chi connectivity index (χ4n) is 2.33. The Bertz CT molecular complexity index is 921. The van der Waals surface area contributed by atoms with E-state index in [9.17, 15) is 14.7 Å². The molecular formula is C24H29NO6S. The normalized spacial score (nSPS) is 12.1. The number of hydrogen-bond donors (Lipinski definition) is 4. The molecule has 0 saturated heterocycles. The summed E-state index contributed by atoms with van der Waals surface area (Å²) in [6.07, 6.45) is 3.20. The molecular weight excluding hydrogens is 430 g/mol. The fourth-order valence-corrected chi connectivity index (χ4v) is 3.22. The minimum atomic E-state index is -1.26. The molecule has 1 aromatic heterocycles. The summed E-state index contributed by atoms with van der Waals surface area (Å²) in [5.74, 6) is 4.63. The standard InChI is InChI=1S/C20H25NO2S.C4H4O4/c1-3-16-7-9-17(10-8-16)23-14-4-5-18-12-13-19(24-18)11-6-15(2)20(21)22;5-3(6)1-2-4(7)8/h7-10,12-13,15,20,22H,3,6,11,14,21H2,1-2H3;1-2H,(H,5,6)(H,7,8)/b;2-1-/t15-,20?;/m1./s1. The van der Waals surface area contributed by atoms with Crippen molar-refractivity contribution in [3.05, 3.63) is 63.9 Å². The molecule has 0 bridgehead atoms. The fraction of sp³-hybridized carbons (Fsp3) is 0.333. The van der Waals surface area contributed by atoms with Gasteiger partial charge in [-0.25, -0.2) is 9.59 Å². The average molecular weight is 460 g/mol. The average Bonchev–Trinajstić information content (AvgIpc) is 3.22. The molecule has 172 valence electrons. The highest BCUT2D eigenvalue weighted by Crippen LogP contribution is 2.19. The van der Waals surface area contributed by atoms with Crippen molar-refractivity contribution in [3.8, 4) is 17.6 Å². The molecule has 2 atom stereocenters. The molecule has 0 radical (unpaired) electrons. The van der Waals surface area contributed by atoms with Crippen molar-refractivity contribution in [1.29, 1.82) is 0 Å². The maximum absolute atomic E-state index is 9.55. The van der Waals surface area contributed by atoms with Gasteiger partial charge in [0.2, 0.25) is 0 Å². The Labute approximate surface area is 192 Å². The lowest BCUT2D eigenvalue weighted by Crippen LogP contribution is -2.27. The van der Waals surface area contributed by atoms with Crippen molar-refractivity contribution in [2.75, 3.05) is 6.61 Å². The van der Waals surface area contributed by atoms with Gasteiger partial charge in [-0.15, -0.1) is 11.3 Å². The summed E-state index contributed by atoms with van der Waals surface area (Å²) in [6, 6.07) is 12.2. The predicted octanol–water partition coefficient (Wildman–Crippen LogP) is 3.30. The molecule has 2 aromatic rings. The van der Waals surface area contributed by atoms with Gasteiger partial charge in [0.05, 0.1) is 4.88 Å². The van der Waals surface area contributed by atoms with Crippen LogP contribution in [0.15, 0.2) is 48.6 Å². The molecule has 0 aliphatic heterocycles. The van der Waals surface area contributed by atoms with Crippen LogP contribution in [0.1, 0.15) is 35.6 Å². The van der Waals surface area contributed by atoms with E-state index < -0.39 is 18.2 Å². The lowest BCUT2D eigenvalue weighted by molar-refractivity contribution is -0.134. The summed E-state index contributed by atoms with van der Waals surface area (Å²) >= 11 is 1.69. The highest BCUT2D eigenvalue weighted by atomic mass is 32.1. The van der Waals surface area contributed by atoms with Crippen LogP contribution in [0.4, 0.5) is 0 Å². The summed E-state index contributed by atoms with van der Waals surface area (Å²) in [5.41, 5.74) is 6.78. The quantitative estimate of drug-likeness (QED) is 0.257. The molecule has 0 aliphatic carbocycles. The molecule has 0 amide bonds. The van der Waals surface area contributed by atoms with Gasteiger partial charge in [-0.2, -0.15) is 0 Å². The van der Waals surface area contributed by atoms with Crippen molar-refractivity contribution in [3.63, 3.8) is 0 Å². The number of carboxylic acid groups (broad SMARTS) is 2. The topological polar surface area (TPSA) is 130 Å². The van der Waals surface area contributed by atoms with E-state index in [-0.39, 0.29) is 5.92 Å². The van der Waals surface area contributed by atoms with Crippen molar-refractivity contribution in [1.82, 2.24) is 0 Å². The van der Waals surface area contributed by atoms with Crippen LogP contribution in [0.2, 0.25) is 0 Å². The number of aryl methyl sites for hydroxylation is 2. The molecule has 2 rings (SSSR count). The first-order chi connectivity index (χ1) is 15.2. The van der Waals surface area contributed by atoms with Gasteiger partial charge in [0.25, 0.3) is 0 Å². The first kappa shape index (κ1) is 26.9. The minimum Gasteiger partial charge on any atom is -0.481 e. The van der Waals surface area contributed by atoms with Gasteiger partial charge in [0.1, 0.15) is 18.6 Å². The smallest absolute Gasteiger partial charge is 0.328 e. The molecule has 0 fully saturated rings. The summed E-state index contributed by atoms with van der Waals surface area (Å²) in [6.45, 7) is 4.48. The molecule has 8 heteroatoms. The molecule has 0 spiro atoms. The largest absolute Gasteiger partial charge is 0.481 e. The highest BCUT2D eigenvalue weighted by Gasteiger charge is 2.09. The van der Waals surface area contributed by atoms with Crippen LogP contribution in [0, 0.1) is 17.8 Å². The summed E-state index contributed by atoms with van der Waals surface area (Å²) in [7, 11) is 0. The maximum atomic E-state index is 9.55. The maximum Gasteiger partial charge on any atom is 0.328 e. The number of nitrogens with two attached hydrogens (primary N) is 1. The molecule has 32 heavy (non-hydrogen) atoms. The summed E-state index contributed by atoms with van der Waals surface area (Å²) in [5, 5.41) is 24.9. The van der Waals surface area contributed by atoms with Crippen LogP contribution < -0.4 is 10.5 Å². The van der Waals surface area contributed by atoms with Gasteiger partial charge in [-0.1, -0.05) is 37.8 Å². The Balaban J connectivity index is 0.000000547. The van der Waals surface area contributed by atoms with Crippen molar-refractivity contribution >= 4 is 23.3 Å². The van der Waals surface area contributed by atoms with Gasteiger partial charge in [0.15, 0.2) is 0 Å². The van der Waals surface area contributed by atoms with E-state index >= 15 is 0 Å². The zero-order chi connectivity index (χ0) is 23.9. The highest BCUT2D eigenvalue weighted by molar-refractivity contribution is 7.12. The van der Waals surface area contributed by atoms with E-state index in [0.29, 0.717) is 18.8 Å². The number of carboxylic acids is 2. The van der Waals surface area contributed by atoms with Crippen LogP contribution in [-0.2, 0) is 22.4 Å². The predicted molar refractivity (Wildman–Crippen MR) is 125 cm³/mol. The van der Waals surface area contributed by atoms with Crippen molar-refractivity contribution in [2.45, 2.75) is 39.3 Å².